The maximum absolute atomic E-state index is 13.9. The zero-order valence-corrected chi connectivity index (χ0v) is 14.3. The lowest BCUT2D eigenvalue weighted by molar-refractivity contribution is 0.102. The van der Waals surface area contributed by atoms with Crippen LogP contribution in [-0.2, 0) is 0 Å². The minimum absolute atomic E-state index is 0.0191. The summed E-state index contributed by atoms with van der Waals surface area (Å²) in [4.78, 5) is 24.0. The summed E-state index contributed by atoms with van der Waals surface area (Å²) >= 11 is 0. The van der Waals surface area contributed by atoms with Crippen molar-refractivity contribution in [2.75, 3.05) is 17.2 Å². The van der Waals surface area contributed by atoms with Crippen molar-refractivity contribution in [3.05, 3.63) is 47.7 Å². The molecule has 3 N–H and O–H groups in total. The molecule has 0 bridgehead atoms. The highest BCUT2D eigenvalue weighted by Gasteiger charge is 2.14. The Balaban J connectivity index is 1.99. The van der Waals surface area contributed by atoms with Crippen molar-refractivity contribution in [2.24, 2.45) is 0 Å². The number of aryl methyl sites for hydroxylation is 1. The summed E-state index contributed by atoms with van der Waals surface area (Å²) in [7, 11) is 0. The molecule has 0 saturated heterocycles. The molecule has 7 heteroatoms. The van der Waals surface area contributed by atoms with Crippen molar-refractivity contribution in [2.45, 2.75) is 33.1 Å². The molecular weight excluding hydrogens is 325 g/mol. The molecule has 2 aromatic rings. The molecule has 6 nitrogen and oxygen atoms in total. The molecule has 0 spiro atoms. The molecule has 0 aliphatic heterocycles. The fourth-order valence-corrected chi connectivity index (χ4v) is 2.26. The third-order valence-electron chi connectivity index (χ3n) is 3.64. The number of amides is 3. The first kappa shape index (κ1) is 18.5. The Bertz CT molecular complexity index is 743. The van der Waals surface area contributed by atoms with Crippen molar-refractivity contribution in [1.82, 2.24) is 5.32 Å². The Morgan fingerprint density at radius 3 is 2.64 bits per heavy atom. The summed E-state index contributed by atoms with van der Waals surface area (Å²) in [6, 6.07) is 5.12. The number of unbranched alkanes of at least 4 members (excludes halogenated alkanes) is 2. The van der Waals surface area contributed by atoms with Gasteiger partial charge in [0, 0.05) is 12.2 Å². The van der Waals surface area contributed by atoms with E-state index in [9.17, 15) is 14.0 Å². The number of carbonyl (C=O) groups is 2. The largest absolute Gasteiger partial charge is 0.469 e. The third-order valence-corrected chi connectivity index (χ3v) is 3.64. The highest BCUT2D eigenvalue weighted by Crippen LogP contribution is 2.21. The van der Waals surface area contributed by atoms with Crippen LogP contribution >= 0.6 is 0 Å². The smallest absolute Gasteiger partial charge is 0.319 e. The Morgan fingerprint density at radius 1 is 1.16 bits per heavy atom. The number of anilines is 2. The fourth-order valence-electron chi connectivity index (χ4n) is 2.26. The monoisotopic (exact) mass is 347 g/mol. The van der Waals surface area contributed by atoms with E-state index < -0.39 is 11.7 Å². The van der Waals surface area contributed by atoms with Crippen molar-refractivity contribution in [3.63, 3.8) is 0 Å². The number of rotatable bonds is 7. The van der Waals surface area contributed by atoms with Crippen LogP contribution in [0.5, 0.6) is 0 Å². The topological polar surface area (TPSA) is 83.4 Å². The average Bonchev–Trinajstić information content (AvgIpc) is 3.01. The number of halogens is 1. The second-order valence-corrected chi connectivity index (χ2v) is 5.63. The normalized spacial score (nSPS) is 10.4. The average molecular weight is 347 g/mol. The van der Waals surface area contributed by atoms with E-state index in [2.05, 4.69) is 22.9 Å². The standard InChI is InChI=1S/C18H22FN3O3/c1-3-4-5-9-20-18(24)21-13-6-7-15(19)16(11-13)22-17(23)14-8-10-25-12(14)2/h6-8,10-11H,3-5,9H2,1-2H3,(H,22,23)(H2,20,21,24). The van der Waals surface area contributed by atoms with Gasteiger partial charge in [0.15, 0.2) is 0 Å². The first-order valence-electron chi connectivity index (χ1n) is 8.21. The van der Waals surface area contributed by atoms with Gasteiger partial charge in [0.2, 0.25) is 0 Å². The van der Waals surface area contributed by atoms with Gasteiger partial charge in [0.25, 0.3) is 5.91 Å². The number of urea groups is 1. The Hall–Kier alpha value is -2.83. The van der Waals surface area contributed by atoms with Gasteiger partial charge in [-0.25, -0.2) is 9.18 Å². The Labute approximate surface area is 145 Å². The summed E-state index contributed by atoms with van der Waals surface area (Å²) < 4.78 is 19.0. The van der Waals surface area contributed by atoms with Gasteiger partial charge in [0.05, 0.1) is 17.5 Å². The van der Waals surface area contributed by atoms with E-state index in [0.717, 1.165) is 19.3 Å². The molecule has 1 aromatic heterocycles. The fraction of sp³-hybridized carbons (Fsp3) is 0.333. The molecule has 0 aliphatic rings. The molecule has 0 saturated carbocycles. The number of nitrogens with one attached hydrogen (secondary N) is 3. The predicted octanol–water partition coefficient (Wildman–Crippen LogP) is 4.29. The summed E-state index contributed by atoms with van der Waals surface area (Å²) in [5.74, 6) is -0.631. The van der Waals surface area contributed by atoms with E-state index in [1.54, 1.807) is 6.92 Å². The van der Waals surface area contributed by atoms with Gasteiger partial charge < -0.3 is 20.4 Å². The summed E-state index contributed by atoms with van der Waals surface area (Å²) in [6.45, 7) is 4.30. The van der Waals surface area contributed by atoms with Gasteiger partial charge in [-0.1, -0.05) is 19.8 Å². The lowest BCUT2D eigenvalue weighted by Crippen LogP contribution is -2.29. The molecule has 0 aliphatic carbocycles. The van der Waals surface area contributed by atoms with E-state index in [1.165, 1.54) is 30.5 Å². The quantitative estimate of drug-likeness (QED) is 0.653. The van der Waals surface area contributed by atoms with Gasteiger partial charge in [0.1, 0.15) is 11.6 Å². The number of hydrogen-bond acceptors (Lipinski definition) is 3. The van der Waals surface area contributed by atoms with Gasteiger partial charge in [-0.15, -0.1) is 0 Å². The van der Waals surface area contributed by atoms with E-state index >= 15 is 0 Å². The van der Waals surface area contributed by atoms with Crippen LogP contribution in [0.3, 0.4) is 0 Å². The second kappa shape index (κ2) is 8.86. The van der Waals surface area contributed by atoms with E-state index in [4.69, 9.17) is 4.42 Å². The van der Waals surface area contributed by atoms with Crippen LogP contribution in [0.1, 0.15) is 42.3 Å². The van der Waals surface area contributed by atoms with Gasteiger partial charge in [-0.2, -0.15) is 0 Å². The summed E-state index contributed by atoms with van der Waals surface area (Å²) in [5.41, 5.74) is 0.689. The van der Waals surface area contributed by atoms with Crippen LogP contribution in [0.4, 0.5) is 20.6 Å². The lowest BCUT2D eigenvalue weighted by Gasteiger charge is -2.10. The summed E-state index contributed by atoms with van der Waals surface area (Å²) in [6.07, 6.45) is 4.40. The van der Waals surface area contributed by atoms with Crippen LogP contribution in [-0.4, -0.2) is 18.5 Å². The molecule has 0 atom stereocenters. The SMILES string of the molecule is CCCCCNC(=O)Nc1ccc(F)c(NC(=O)c2ccoc2C)c1. The van der Waals surface area contributed by atoms with Crippen LogP contribution in [0.2, 0.25) is 0 Å². The van der Waals surface area contributed by atoms with Crippen LogP contribution < -0.4 is 16.0 Å². The van der Waals surface area contributed by atoms with Gasteiger partial charge >= 0.3 is 6.03 Å². The van der Waals surface area contributed by atoms with Crippen LogP contribution in [0.15, 0.2) is 34.9 Å². The van der Waals surface area contributed by atoms with Crippen molar-refractivity contribution in [1.29, 1.82) is 0 Å². The minimum Gasteiger partial charge on any atom is -0.469 e. The molecule has 0 unspecified atom stereocenters. The third kappa shape index (κ3) is 5.34. The number of carbonyl (C=O) groups excluding carboxylic acids is 2. The highest BCUT2D eigenvalue weighted by atomic mass is 19.1. The minimum atomic E-state index is -0.594. The molecule has 1 aromatic carbocycles. The Morgan fingerprint density at radius 2 is 1.96 bits per heavy atom. The maximum atomic E-state index is 13.9. The lowest BCUT2D eigenvalue weighted by atomic mass is 10.2. The highest BCUT2D eigenvalue weighted by molar-refractivity contribution is 6.05. The van der Waals surface area contributed by atoms with Crippen LogP contribution in [0.25, 0.3) is 0 Å². The van der Waals surface area contributed by atoms with Gasteiger partial charge in [-0.3, -0.25) is 4.79 Å². The predicted molar refractivity (Wildman–Crippen MR) is 94.3 cm³/mol. The number of benzene rings is 1. The molecular formula is C18H22FN3O3. The molecule has 0 fully saturated rings. The van der Waals surface area contributed by atoms with Crippen molar-refractivity contribution in [3.8, 4) is 0 Å². The molecule has 1 heterocycles. The number of hydrogen-bond donors (Lipinski definition) is 3. The summed E-state index contributed by atoms with van der Waals surface area (Å²) in [5, 5.41) is 7.83. The molecule has 3 amide bonds. The zero-order valence-electron chi connectivity index (χ0n) is 14.3. The zero-order chi connectivity index (χ0) is 18.2. The van der Waals surface area contributed by atoms with Crippen molar-refractivity contribution >= 4 is 23.3 Å². The number of furan rings is 1. The molecule has 0 radical (unpaired) electrons. The van der Waals surface area contributed by atoms with Crippen molar-refractivity contribution < 1.29 is 18.4 Å². The van der Waals surface area contributed by atoms with E-state index in [-0.39, 0.29) is 11.7 Å². The molecule has 2 rings (SSSR count). The maximum Gasteiger partial charge on any atom is 0.319 e. The first-order valence-corrected chi connectivity index (χ1v) is 8.21. The van der Waals surface area contributed by atoms with E-state index in [0.29, 0.717) is 23.6 Å². The molecule has 134 valence electrons. The molecule has 25 heavy (non-hydrogen) atoms. The first-order chi connectivity index (χ1) is 12.0. The van der Waals surface area contributed by atoms with Crippen LogP contribution in [0, 0.1) is 12.7 Å². The van der Waals surface area contributed by atoms with Gasteiger partial charge in [-0.05, 0) is 37.6 Å². The van der Waals surface area contributed by atoms with E-state index in [1.807, 2.05) is 0 Å². The Kier molecular flexibility index (Phi) is 6.56. The second-order valence-electron chi connectivity index (χ2n) is 5.63.